The predicted octanol–water partition coefficient (Wildman–Crippen LogP) is 2.58. The number of anilines is 1. The van der Waals surface area contributed by atoms with Gasteiger partial charge in [-0.15, -0.1) is 0 Å². The van der Waals surface area contributed by atoms with Crippen LogP contribution < -0.4 is 4.90 Å². The van der Waals surface area contributed by atoms with Crippen LogP contribution in [-0.4, -0.2) is 24.9 Å². The summed E-state index contributed by atoms with van der Waals surface area (Å²) in [5.74, 6) is -1.36. The van der Waals surface area contributed by atoms with E-state index in [-0.39, 0.29) is 17.0 Å². The minimum absolute atomic E-state index is 0.219. The fourth-order valence-electron chi connectivity index (χ4n) is 2.52. The summed E-state index contributed by atoms with van der Waals surface area (Å²) in [5.41, 5.74) is 2.13. The Morgan fingerprint density at radius 3 is 2.36 bits per heavy atom. The third kappa shape index (κ3) is 1.98. The number of para-hydroxylation sites is 1. The molecule has 0 aliphatic carbocycles. The topological polar surface area (TPSA) is 63.7 Å². The number of esters is 1. The van der Waals surface area contributed by atoms with Crippen LogP contribution in [0.2, 0.25) is 0 Å². The molecule has 5 nitrogen and oxygen atoms in total. The van der Waals surface area contributed by atoms with E-state index in [9.17, 15) is 14.4 Å². The van der Waals surface area contributed by atoms with Gasteiger partial charge in [-0.05, 0) is 36.8 Å². The van der Waals surface area contributed by atoms with Crippen molar-refractivity contribution in [1.29, 1.82) is 0 Å². The molecule has 0 saturated heterocycles. The van der Waals surface area contributed by atoms with E-state index in [0.29, 0.717) is 11.3 Å². The molecule has 0 unspecified atom stereocenters. The molecule has 5 heteroatoms. The number of methoxy groups -OCH3 is 1. The maximum Gasteiger partial charge on any atom is 0.337 e. The molecule has 0 N–H and O–H groups in total. The lowest BCUT2D eigenvalue weighted by Gasteiger charge is -2.16. The molecular formula is C17H13NO4. The van der Waals surface area contributed by atoms with Gasteiger partial charge in [0.15, 0.2) is 0 Å². The van der Waals surface area contributed by atoms with Crippen molar-refractivity contribution in [2.45, 2.75) is 6.92 Å². The van der Waals surface area contributed by atoms with E-state index in [0.717, 1.165) is 10.5 Å². The first kappa shape index (κ1) is 14.0. The van der Waals surface area contributed by atoms with E-state index in [1.54, 1.807) is 12.1 Å². The lowest BCUT2D eigenvalue weighted by atomic mass is 10.1. The number of aryl methyl sites for hydroxylation is 1. The molecule has 0 radical (unpaired) electrons. The second-order valence-electron chi connectivity index (χ2n) is 4.98. The quantitative estimate of drug-likeness (QED) is 0.631. The fraction of sp³-hybridized carbons (Fsp3) is 0.118. The molecule has 1 aliphatic rings. The van der Waals surface area contributed by atoms with Crippen molar-refractivity contribution < 1.29 is 19.1 Å². The molecule has 0 aromatic heterocycles. The Morgan fingerprint density at radius 2 is 1.68 bits per heavy atom. The van der Waals surface area contributed by atoms with Gasteiger partial charge in [0.05, 0.1) is 29.5 Å². The van der Waals surface area contributed by atoms with Crippen LogP contribution in [0.25, 0.3) is 0 Å². The van der Waals surface area contributed by atoms with Crippen LogP contribution in [0.4, 0.5) is 5.69 Å². The summed E-state index contributed by atoms with van der Waals surface area (Å²) < 4.78 is 4.64. The number of hydrogen-bond acceptors (Lipinski definition) is 4. The minimum Gasteiger partial charge on any atom is -0.465 e. The molecule has 2 amide bonds. The number of amides is 2. The first-order valence-corrected chi connectivity index (χ1v) is 6.71. The second-order valence-corrected chi connectivity index (χ2v) is 4.98. The maximum absolute atomic E-state index is 12.6. The van der Waals surface area contributed by atoms with Crippen LogP contribution in [0.1, 0.15) is 36.6 Å². The van der Waals surface area contributed by atoms with Gasteiger partial charge in [-0.2, -0.15) is 0 Å². The fourth-order valence-corrected chi connectivity index (χ4v) is 2.52. The summed E-state index contributed by atoms with van der Waals surface area (Å²) in [4.78, 5) is 37.8. The van der Waals surface area contributed by atoms with Crippen LogP contribution in [0.5, 0.6) is 0 Å². The Bertz CT molecular complexity index is 810. The van der Waals surface area contributed by atoms with Crippen molar-refractivity contribution in [3.05, 3.63) is 64.7 Å². The summed E-state index contributed by atoms with van der Waals surface area (Å²) in [7, 11) is 1.27. The predicted molar refractivity (Wildman–Crippen MR) is 80.1 cm³/mol. The number of nitrogens with zero attached hydrogens (tertiary/aromatic N) is 1. The van der Waals surface area contributed by atoms with Crippen molar-refractivity contribution in [1.82, 2.24) is 0 Å². The highest BCUT2D eigenvalue weighted by atomic mass is 16.5. The van der Waals surface area contributed by atoms with Gasteiger partial charge in [-0.25, -0.2) is 9.69 Å². The van der Waals surface area contributed by atoms with Gasteiger partial charge in [0.1, 0.15) is 0 Å². The normalized spacial score (nSPS) is 13.3. The molecular weight excluding hydrogens is 282 g/mol. The van der Waals surface area contributed by atoms with Gasteiger partial charge in [-0.1, -0.05) is 18.2 Å². The van der Waals surface area contributed by atoms with Gasteiger partial charge in [0, 0.05) is 0 Å². The van der Waals surface area contributed by atoms with Gasteiger partial charge in [0.25, 0.3) is 11.8 Å². The average molecular weight is 295 g/mol. The maximum atomic E-state index is 12.6. The number of benzene rings is 2. The molecule has 1 aliphatic heterocycles. The highest BCUT2D eigenvalue weighted by Gasteiger charge is 2.37. The molecule has 1 heterocycles. The zero-order chi connectivity index (χ0) is 15.9. The molecule has 0 spiro atoms. The van der Waals surface area contributed by atoms with Gasteiger partial charge in [-0.3, -0.25) is 9.59 Å². The van der Waals surface area contributed by atoms with Crippen molar-refractivity contribution in [3.8, 4) is 0 Å². The van der Waals surface area contributed by atoms with Crippen molar-refractivity contribution in [2.75, 3.05) is 12.0 Å². The van der Waals surface area contributed by atoms with Crippen molar-refractivity contribution >= 4 is 23.5 Å². The van der Waals surface area contributed by atoms with E-state index >= 15 is 0 Å². The molecule has 0 fully saturated rings. The number of hydrogen-bond donors (Lipinski definition) is 0. The highest BCUT2D eigenvalue weighted by Crippen LogP contribution is 2.31. The molecule has 3 rings (SSSR count). The first-order valence-electron chi connectivity index (χ1n) is 6.71. The van der Waals surface area contributed by atoms with Crippen molar-refractivity contribution in [3.63, 3.8) is 0 Å². The molecule has 2 aromatic carbocycles. The Labute approximate surface area is 127 Å². The Balaban J connectivity index is 2.09. The standard InChI is InChI=1S/C17H13NO4/c1-10-5-3-4-6-14(10)18-15(19)12-8-7-11(17(21)22-2)9-13(12)16(18)20/h3-9H,1-2H3. The van der Waals surface area contributed by atoms with Crippen molar-refractivity contribution in [2.24, 2.45) is 0 Å². The molecule has 0 atom stereocenters. The van der Waals surface area contributed by atoms with Crippen LogP contribution in [0.3, 0.4) is 0 Å². The number of ether oxygens (including phenoxy) is 1. The van der Waals surface area contributed by atoms with E-state index in [4.69, 9.17) is 0 Å². The molecule has 22 heavy (non-hydrogen) atoms. The smallest absolute Gasteiger partial charge is 0.337 e. The molecule has 0 bridgehead atoms. The van der Waals surface area contributed by atoms with Crippen LogP contribution in [0, 0.1) is 6.92 Å². The number of fused-ring (bicyclic) bond motifs is 1. The zero-order valence-corrected chi connectivity index (χ0v) is 12.1. The minimum atomic E-state index is -0.544. The third-order valence-corrected chi connectivity index (χ3v) is 3.66. The zero-order valence-electron chi connectivity index (χ0n) is 12.1. The summed E-state index contributed by atoms with van der Waals surface area (Å²) in [6.45, 7) is 1.83. The summed E-state index contributed by atoms with van der Waals surface area (Å²) >= 11 is 0. The van der Waals surface area contributed by atoms with E-state index < -0.39 is 11.9 Å². The number of carbonyl (C=O) groups is 3. The first-order chi connectivity index (χ1) is 10.5. The number of carbonyl (C=O) groups excluding carboxylic acids is 3. The van der Waals surface area contributed by atoms with Crippen LogP contribution in [-0.2, 0) is 4.74 Å². The highest BCUT2D eigenvalue weighted by molar-refractivity contribution is 6.34. The molecule has 2 aromatic rings. The SMILES string of the molecule is COC(=O)c1ccc2c(c1)C(=O)N(c1ccccc1C)C2=O. The van der Waals surface area contributed by atoms with E-state index in [2.05, 4.69) is 4.74 Å². The number of rotatable bonds is 2. The Morgan fingerprint density at radius 1 is 1.00 bits per heavy atom. The molecule has 0 saturated carbocycles. The summed E-state index contributed by atoms with van der Waals surface area (Å²) in [5, 5.41) is 0. The van der Waals surface area contributed by atoms with E-state index in [1.807, 2.05) is 19.1 Å². The Hall–Kier alpha value is -2.95. The van der Waals surface area contributed by atoms with Crippen LogP contribution in [0.15, 0.2) is 42.5 Å². The summed E-state index contributed by atoms with van der Waals surface area (Å²) in [6, 6.07) is 11.5. The van der Waals surface area contributed by atoms with E-state index in [1.165, 1.54) is 25.3 Å². The monoisotopic (exact) mass is 295 g/mol. The largest absolute Gasteiger partial charge is 0.465 e. The van der Waals surface area contributed by atoms with Gasteiger partial charge >= 0.3 is 5.97 Å². The van der Waals surface area contributed by atoms with Gasteiger partial charge in [0.2, 0.25) is 0 Å². The second kappa shape index (κ2) is 5.11. The third-order valence-electron chi connectivity index (χ3n) is 3.66. The lowest BCUT2D eigenvalue weighted by Crippen LogP contribution is -2.29. The number of imide groups is 1. The van der Waals surface area contributed by atoms with Crippen LogP contribution >= 0.6 is 0 Å². The molecule has 110 valence electrons. The lowest BCUT2D eigenvalue weighted by molar-refractivity contribution is 0.0600. The summed E-state index contributed by atoms with van der Waals surface area (Å²) in [6.07, 6.45) is 0. The average Bonchev–Trinajstić information content (AvgIpc) is 2.78. The Kier molecular flexibility index (Phi) is 3.25. The van der Waals surface area contributed by atoms with Gasteiger partial charge < -0.3 is 4.74 Å².